The third kappa shape index (κ3) is 1.55. The number of nitrogens with zero attached hydrogens (tertiary/aromatic N) is 2. The van der Waals surface area contributed by atoms with Crippen molar-refractivity contribution in [2.24, 2.45) is 30.7 Å². The Morgan fingerprint density at radius 1 is 1.35 bits per heavy atom. The van der Waals surface area contributed by atoms with Crippen LogP contribution in [0.5, 0.6) is 0 Å². The van der Waals surface area contributed by atoms with Crippen LogP contribution in [0.3, 0.4) is 0 Å². The fraction of sp³-hybridized carbons (Fsp3) is 0.786. The van der Waals surface area contributed by atoms with Crippen LogP contribution in [0.1, 0.15) is 24.8 Å². The summed E-state index contributed by atoms with van der Waals surface area (Å²) >= 11 is 0. The largest absolute Gasteiger partial charge is 0.313 e. The molecule has 17 heavy (non-hydrogen) atoms. The van der Waals surface area contributed by atoms with E-state index in [1.807, 2.05) is 17.9 Å². The van der Waals surface area contributed by atoms with Crippen molar-refractivity contribution in [2.45, 2.75) is 31.7 Å². The van der Waals surface area contributed by atoms with Crippen LogP contribution < -0.4 is 5.32 Å². The van der Waals surface area contributed by atoms with E-state index < -0.39 is 0 Å². The van der Waals surface area contributed by atoms with Crippen molar-refractivity contribution in [1.29, 1.82) is 0 Å². The molecule has 3 saturated carbocycles. The fourth-order valence-electron chi connectivity index (χ4n) is 4.58. The minimum Gasteiger partial charge on any atom is -0.313 e. The van der Waals surface area contributed by atoms with E-state index in [2.05, 4.69) is 16.6 Å². The van der Waals surface area contributed by atoms with Gasteiger partial charge in [-0.1, -0.05) is 0 Å². The minimum absolute atomic E-state index is 0.873. The van der Waals surface area contributed by atoms with Gasteiger partial charge >= 0.3 is 0 Å². The van der Waals surface area contributed by atoms with Gasteiger partial charge in [0.25, 0.3) is 0 Å². The zero-order valence-corrected chi connectivity index (χ0v) is 10.5. The summed E-state index contributed by atoms with van der Waals surface area (Å²) in [5, 5.41) is 7.99. The Hall–Kier alpha value is -0.830. The molecule has 0 saturated heterocycles. The SMILES string of the molecule is Cn1cc(CCNC2C3C4CCC(C4)C23)cn1. The molecule has 1 aromatic heterocycles. The van der Waals surface area contributed by atoms with Crippen LogP contribution in [-0.4, -0.2) is 22.4 Å². The standard InChI is InChI=1S/C14H21N3/c1-17-8-9(7-16-17)4-5-15-14-12-10-2-3-11(6-10)13(12)14/h7-8,10-15H,2-6H2,1H3. The maximum atomic E-state index is 4.21. The number of fused-ring (bicyclic) bond motifs is 5. The molecule has 3 aliphatic carbocycles. The van der Waals surface area contributed by atoms with E-state index in [1.165, 1.54) is 18.4 Å². The predicted octanol–water partition coefficient (Wildman–Crippen LogP) is 1.60. The molecule has 2 bridgehead atoms. The smallest absolute Gasteiger partial charge is 0.0522 e. The summed E-state index contributed by atoms with van der Waals surface area (Å²) < 4.78 is 1.89. The molecular weight excluding hydrogens is 210 g/mol. The molecule has 0 aliphatic heterocycles. The molecule has 0 spiro atoms. The monoisotopic (exact) mass is 231 g/mol. The molecule has 4 rings (SSSR count). The molecule has 1 N–H and O–H groups in total. The quantitative estimate of drug-likeness (QED) is 0.853. The lowest BCUT2D eigenvalue weighted by Crippen LogP contribution is -2.25. The van der Waals surface area contributed by atoms with Crippen molar-refractivity contribution in [3.05, 3.63) is 18.0 Å². The van der Waals surface area contributed by atoms with Crippen molar-refractivity contribution in [1.82, 2.24) is 15.1 Å². The highest BCUT2D eigenvalue weighted by molar-refractivity contribution is 5.17. The first kappa shape index (κ1) is 10.1. The zero-order valence-electron chi connectivity index (χ0n) is 10.5. The maximum absolute atomic E-state index is 4.21. The van der Waals surface area contributed by atoms with Gasteiger partial charge in [0.2, 0.25) is 0 Å². The maximum Gasteiger partial charge on any atom is 0.0522 e. The number of aryl methyl sites for hydroxylation is 1. The van der Waals surface area contributed by atoms with Crippen LogP contribution in [0.15, 0.2) is 12.4 Å². The molecule has 92 valence electrons. The van der Waals surface area contributed by atoms with Gasteiger partial charge in [-0.3, -0.25) is 4.68 Å². The number of nitrogens with one attached hydrogen (secondary N) is 1. The molecule has 3 nitrogen and oxygen atoms in total. The molecule has 0 aromatic carbocycles. The summed E-state index contributed by atoms with van der Waals surface area (Å²) in [7, 11) is 1.99. The minimum atomic E-state index is 0.873. The fourth-order valence-corrected chi connectivity index (χ4v) is 4.58. The topological polar surface area (TPSA) is 29.9 Å². The van der Waals surface area contributed by atoms with Gasteiger partial charge in [-0.2, -0.15) is 5.10 Å². The highest BCUT2D eigenvalue weighted by atomic mass is 15.2. The molecule has 0 radical (unpaired) electrons. The summed E-state index contributed by atoms with van der Waals surface area (Å²) in [5.74, 6) is 4.28. The third-order valence-corrected chi connectivity index (χ3v) is 5.29. The molecular formula is C14H21N3. The normalized spacial score (nSPS) is 41.8. The van der Waals surface area contributed by atoms with Gasteiger partial charge in [0.15, 0.2) is 0 Å². The molecule has 0 amide bonds. The van der Waals surface area contributed by atoms with Crippen LogP contribution >= 0.6 is 0 Å². The lowest BCUT2D eigenvalue weighted by molar-refractivity contribution is 0.456. The van der Waals surface area contributed by atoms with Gasteiger partial charge in [-0.25, -0.2) is 0 Å². The summed E-state index contributed by atoms with van der Waals surface area (Å²) in [4.78, 5) is 0. The first-order chi connectivity index (χ1) is 8.33. The number of aromatic nitrogens is 2. The second-order valence-corrected chi connectivity index (χ2v) is 6.24. The second kappa shape index (κ2) is 3.58. The third-order valence-electron chi connectivity index (χ3n) is 5.29. The first-order valence-electron chi connectivity index (χ1n) is 7.04. The van der Waals surface area contributed by atoms with Gasteiger partial charge in [0.1, 0.15) is 0 Å². The number of rotatable bonds is 4. The molecule has 3 fully saturated rings. The van der Waals surface area contributed by atoms with E-state index in [-0.39, 0.29) is 0 Å². The highest BCUT2D eigenvalue weighted by Crippen LogP contribution is 2.65. The number of hydrogen-bond donors (Lipinski definition) is 1. The summed E-state index contributed by atoms with van der Waals surface area (Å²) in [6, 6.07) is 0.873. The Morgan fingerprint density at radius 3 is 2.76 bits per heavy atom. The molecule has 1 aromatic rings. The Labute approximate surface area is 103 Å². The van der Waals surface area contributed by atoms with Crippen LogP contribution in [-0.2, 0) is 13.5 Å². The van der Waals surface area contributed by atoms with E-state index in [0.29, 0.717) is 0 Å². The van der Waals surface area contributed by atoms with Gasteiger partial charge in [0.05, 0.1) is 6.20 Å². The molecule has 3 heteroatoms. The van der Waals surface area contributed by atoms with Crippen molar-refractivity contribution in [3.8, 4) is 0 Å². The molecule has 1 heterocycles. The van der Waals surface area contributed by atoms with E-state index >= 15 is 0 Å². The summed E-state index contributed by atoms with van der Waals surface area (Å²) in [5.41, 5.74) is 1.36. The van der Waals surface area contributed by atoms with Crippen LogP contribution in [0.25, 0.3) is 0 Å². The van der Waals surface area contributed by atoms with Gasteiger partial charge in [0, 0.05) is 19.3 Å². The first-order valence-corrected chi connectivity index (χ1v) is 7.04. The Bertz CT molecular complexity index is 409. The van der Waals surface area contributed by atoms with Crippen LogP contribution in [0.4, 0.5) is 0 Å². The molecule has 4 unspecified atom stereocenters. The van der Waals surface area contributed by atoms with Crippen LogP contribution in [0, 0.1) is 23.7 Å². The van der Waals surface area contributed by atoms with E-state index in [9.17, 15) is 0 Å². The van der Waals surface area contributed by atoms with Gasteiger partial charge in [-0.05, 0) is 61.5 Å². The molecule has 3 aliphatic rings. The zero-order chi connectivity index (χ0) is 11.4. The van der Waals surface area contributed by atoms with Crippen molar-refractivity contribution in [2.75, 3.05) is 6.54 Å². The second-order valence-electron chi connectivity index (χ2n) is 6.24. The summed E-state index contributed by atoms with van der Waals surface area (Å²) in [6.07, 6.45) is 9.83. The van der Waals surface area contributed by atoms with E-state index in [1.54, 1.807) is 6.42 Å². The van der Waals surface area contributed by atoms with Crippen molar-refractivity contribution < 1.29 is 0 Å². The van der Waals surface area contributed by atoms with Crippen molar-refractivity contribution >= 4 is 0 Å². The van der Waals surface area contributed by atoms with Gasteiger partial charge < -0.3 is 5.32 Å². The average Bonchev–Trinajstić information content (AvgIpc) is 2.73. The Kier molecular flexibility index (Phi) is 2.13. The van der Waals surface area contributed by atoms with E-state index in [0.717, 1.165) is 42.7 Å². The van der Waals surface area contributed by atoms with Crippen LogP contribution in [0.2, 0.25) is 0 Å². The van der Waals surface area contributed by atoms with Crippen molar-refractivity contribution in [3.63, 3.8) is 0 Å². The highest BCUT2D eigenvalue weighted by Gasteiger charge is 2.64. The average molecular weight is 231 g/mol. The number of hydrogen-bond acceptors (Lipinski definition) is 2. The molecule has 4 atom stereocenters. The lowest BCUT2D eigenvalue weighted by atomic mass is 10.0. The van der Waals surface area contributed by atoms with E-state index in [4.69, 9.17) is 0 Å². The predicted molar refractivity (Wildman–Crippen MR) is 66.5 cm³/mol. The van der Waals surface area contributed by atoms with Gasteiger partial charge in [-0.15, -0.1) is 0 Å². The summed E-state index contributed by atoms with van der Waals surface area (Å²) in [6.45, 7) is 1.13. The lowest BCUT2D eigenvalue weighted by Gasteiger charge is -2.09. The Balaban J connectivity index is 1.28. The Morgan fingerprint density at radius 2 is 2.12 bits per heavy atom.